The van der Waals surface area contributed by atoms with Gasteiger partial charge in [0, 0.05) is 5.69 Å². The molecule has 0 heterocycles. The van der Waals surface area contributed by atoms with E-state index in [-0.39, 0.29) is 12.2 Å². The first kappa shape index (κ1) is 20.6. The van der Waals surface area contributed by atoms with Crippen molar-refractivity contribution in [3.63, 3.8) is 0 Å². The molecule has 0 aliphatic carbocycles. The lowest BCUT2D eigenvalue weighted by Crippen LogP contribution is -2.19. The number of anilines is 1. The molecule has 0 unspecified atom stereocenters. The fraction of sp³-hybridized carbons (Fsp3) is 0.304. The van der Waals surface area contributed by atoms with Crippen LogP contribution < -0.4 is 5.32 Å². The summed E-state index contributed by atoms with van der Waals surface area (Å²) in [4.78, 5) is 0. The lowest BCUT2D eigenvalue weighted by atomic mass is 10.1. The summed E-state index contributed by atoms with van der Waals surface area (Å²) in [6.45, 7) is 7.48. The molecule has 0 saturated heterocycles. The Bertz CT molecular complexity index is 942. The Morgan fingerprint density at radius 3 is 1.93 bits per heavy atom. The number of nitrogens with one attached hydrogen (secondary N) is 1. The molecule has 0 spiro atoms. The number of hydrogen-bond donors (Lipinski definition) is 1. The summed E-state index contributed by atoms with van der Waals surface area (Å²) in [6, 6.07) is 23.9. The Morgan fingerprint density at radius 1 is 0.750 bits per heavy atom. The predicted octanol–water partition coefficient (Wildman–Crippen LogP) is 6.99. The van der Waals surface area contributed by atoms with Gasteiger partial charge in [0.15, 0.2) is 5.78 Å². The van der Waals surface area contributed by atoms with Gasteiger partial charge in [-0.25, -0.2) is 0 Å². The lowest BCUT2D eigenvalue weighted by molar-refractivity contribution is 0.138. The van der Waals surface area contributed by atoms with E-state index in [1.807, 2.05) is 76.2 Å². The van der Waals surface area contributed by atoms with E-state index in [1.165, 1.54) is 0 Å². The number of fused-ring (bicyclic) bond motifs is 1. The predicted molar refractivity (Wildman–Crippen MR) is 117 cm³/mol. The average Bonchev–Trinajstić information content (AvgIpc) is 2.65. The van der Waals surface area contributed by atoms with Crippen LogP contribution in [0.3, 0.4) is 0 Å². The van der Waals surface area contributed by atoms with Gasteiger partial charge < -0.3 is 14.4 Å². The van der Waals surface area contributed by atoms with E-state index in [1.54, 1.807) is 0 Å². The van der Waals surface area contributed by atoms with Crippen LogP contribution in [-0.2, 0) is 13.6 Å². The van der Waals surface area contributed by atoms with Crippen LogP contribution in [-0.4, -0.2) is 12.2 Å². The van der Waals surface area contributed by atoms with Crippen molar-refractivity contribution in [3.8, 4) is 0 Å². The molecule has 1 N–H and O–H groups in total. The van der Waals surface area contributed by atoms with Crippen LogP contribution in [0.25, 0.3) is 10.8 Å². The molecule has 0 fully saturated rings. The minimum Gasteiger partial charge on any atom is -0.368 e. The molecule has 1 atom stereocenters. The van der Waals surface area contributed by atoms with E-state index in [0.717, 1.165) is 22.0 Å². The highest BCUT2D eigenvalue weighted by Gasteiger charge is 2.39. The summed E-state index contributed by atoms with van der Waals surface area (Å²) in [5, 5.41) is 5.70. The summed E-state index contributed by atoms with van der Waals surface area (Å²) in [7, 11) is -3.50. The van der Waals surface area contributed by atoms with E-state index in [2.05, 4.69) is 29.6 Å². The van der Waals surface area contributed by atoms with Gasteiger partial charge in [0.1, 0.15) is 0 Å². The van der Waals surface area contributed by atoms with Gasteiger partial charge in [-0.05, 0) is 56.2 Å². The number of hydrogen-bond acceptors (Lipinski definition) is 4. The zero-order valence-electron chi connectivity index (χ0n) is 16.8. The van der Waals surface area contributed by atoms with Crippen LogP contribution in [0.4, 0.5) is 5.69 Å². The smallest absolute Gasteiger partial charge is 0.357 e. The number of rotatable bonds is 8. The largest absolute Gasteiger partial charge is 0.368 e. The van der Waals surface area contributed by atoms with Crippen molar-refractivity contribution < 1.29 is 13.6 Å². The van der Waals surface area contributed by atoms with Gasteiger partial charge >= 0.3 is 7.60 Å². The van der Waals surface area contributed by atoms with E-state index < -0.39 is 13.4 Å². The van der Waals surface area contributed by atoms with Crippen molar-refractivity contribution in [3.05, 3.63) is 78.4 Å². The molecular weight excluding hydrogens is 369 g/mol. The van der Waals surface area contributed by atoms with Crippen molar-refractivity contribution in [1.82, 2.24) is 0 Å². The zero-order valence-corrected chi connectivity index (χ0v) is 17.7. The highest BCUT2D eigenvalue weighted by Crippen LogP contribution is 2.62. The van der Waals surface area contributed by atoms with Gasteiger partial charge in [-0.2, -0.15) is 0 Å². The Morgan fingerprint density at radius 2 is 1.32 bits per heavy atom. The summed E-state index contributed by atoms with van der Waals surface area (Å²) in [5.41, 5.74) is 1.73. The van der Waals surface area contributed by atoms with Gasteiger partial charge in [0.2, 0.25) is 0 Å². The van der Waals surface area contributed by atoms with Crippen LogP contribution in [0.15, 0.2) is 72.8 Å². The van der Waals surface area contributed by atoms with Crippen LogP contribution >= 0.6 is 7.60 Å². The maximum Gasteiger partial charge on any atom is 0.357 e. The third-order valence-electron chi connectivity index (χ3n) is 4.20. The molecule has 5 heteroatoms. The SMILES string of the molecule is CC(C)OP(=O)(OC(C)C)[C@@H](Nc1ccc2ccccc2c1)c1ccccc1. The van der Waals surface area contributed by atoms with Crippen molar-refractivity contribution in [2.24, 2.45) is 0 Å². The molecule has 0 aliphatic heterocycles. The zero-order chi connectivity index (χ0) is 20.1. The van der Waals surface area contributed by atoms with E-state index in [4.69, 9.17) is 9.05 Å². The normalized spacial score (nSPS) is 13.2. The van der Waals surface area contributed by atoms with E-state index >= 15 is 0 Å². The molecular formula is C23H28NO3P. The van der Waals surface area contributed by atoms with Gasteiger partial charge in [-0.15, -0.1) is 0 Å². The standard InChI is InChI=1S/C23H28NO3P/c1-17(2)26-28(25,27-18(3)4)23(20-11-6-5-7-12-20)24-22-15-14-19-10-8-9-13-21(19)16-22/h5-18,23-24H,1-4H3/t23-/m1/s1. The summed E-state index contributed by atoms with van der Waals surface area (Å²) < 4.78 is 25.7. The second-order valence-corrected chi connectivity index (χ2v) is 9.39. The van der Waals surface area contributed by atoms with Crippen LogP contribution in [0.2, 0.25) is 0 Å². The minimum absolute atomic E-state index is 0.228. The summed E-state index contributed by atoms with van der Waals surface area (Å²) >= 11 is 0. The molecule has 0 radical (unpaired) electrons. The highest BCUT2D eigenvalue weighted by atomic mass is 31.2. The Kier molecular flexibility index (Phi) is 6.56. The third-order valence-corrected chi connectivity index (χ3v) is 6.69. The maximum absolute atomic E-state index is 13.9. The molecule has 0 bridgehead atoms. The van der Waals surface area contributed by atoms with Gasteiger partial charge in [0.05, 0.1) is 12.2 Å². The van der Waals surface area contributed by atoms with Gasteiger partial charge in [0.25, 0.3) is 0 Å². The van der Waals surface area contributed by atoms with Crippen molar-refractivity contribution in [2.75, 3.05) is 5.32 Å². The van der Waals surface area contributed by atoms with Gasteiger partial charge in [-0.3, -0.25) is 4.57 Å². The fourth-order valence-corrected chi connectivity index (χ4v) is 5.46. The first-order chi connectivity index (χ1) is 13.4. The van der Waals surface area contributed by atoms with Crippen LogP contribution in [0, 0.1) is 0 Å². The molecule has 0 aliphatic rings. The Balaban J connectivity index is 2.03. The van der Waals surface area contributed by atoms with Crippen molar-refractivity contribution in [1.29, 1.82) is 0 Å². The summed E-state index contributed by atoms with van der Waals surface area (Å²) in [6.07, 6.45) is -0.455. The fourth-order valence-electron chi connectivity index (χ4n) is 3.15. The number of benzene rings is 3. The van der Waals surface area contributed by atoms with Crippen LogP contribution in [0.1, 0.15) is 39.0 Å². The average molecular weight is 397 g/mol. The molecule has 148 valence electrons. The summed E-state index contributed by atoms with van der Waals surface area (Å²) in [5.74, 6) is -0.611. The molecule has 3 aromatic carbocycles. The second kappa shape index (κ2) is 8.91. The third kappa shape index (κ3) is 5.02. The quantitative estimate of drug-likeness (QED) is 0.416. The first-order valence-electron chi connectivity index (χ1n) is 9.64. The molecule has 4 nitrogen and oxygen atoms in total. The molecule has 28 heavy (non-hydrogen) atoms. The Hall–Kier alpha value is -2.13. The Labute approximate surface area is 167 Å². The van der Waals surface area contributed by atoms with Crippen molar-refractivity contribution >= 4 is 24.1 Å². The minimum atomic E-state index is -3.50. The maximum atomic E-state index is 13.9. The molecule has 0 saturated carbocycles. The topological polar surface area (TPSA) is 47.6 Å². The van der Waals surface area contributed by atoms with Crippen LogP contribution in [0.5, 0.6) is 0 Å². The van der Waals surface area contributed by atoms with E-state index in [9.17, 15) is 4.57 Å². The molecule has 0 amide bonds. The van der Waals surface area contributed by atoms with Gasteiger partial charge in [-0.1, -0.05) is 60.7 Å². The lowest BCUT2D eigenvalue weighted by Gasteiger charge is -2.31. The molecule has 0 aromatic heterocycles. The monoisotopic (exact) mass is 397 g/mol. The molecule has 3 aromatic rings. The molecule has 3 rings (SSSR count). The second-order valence-electron chi connectivity index (χ2n) is 7.37. The van der Waals surface area contributed by atoms with Crippen molar-refractivity contribution in [2.45, 2.75) is 45.7 Å². The highest BCUT2D eigenvalue weighted by molar-refractivity contribution is 7.54. The first-order valence-corrected chi connectivity index (χ1v) is 11.3. The van der Waals surface area contributed by atoms with E-state index in [0.29, 0.717) is 0 Å².